The third kappa shape index (κ3) is 2.93. The maximum absolute atomic E-state index is 12.6. The topological polar surface area (TPSA) is 26.0 Å². The standard InChI is InChI=1S/C12H9BrF3NO/c13-5-4-10-7-11(18-17-10)8-2-1-3-9(6-8)12(14,15)16/h1-3,6-7H,4-5H2. The molecule has 0 amide bonds. The lowest BCUT2D eigenvalue weighted by Gasteiger charge is -2.06. The molecule has 1 aromatic heterocycles. The highest BCUT2D eigenvalue weighted by molar-refractivity contribution is 9.09. The van der Waals surface area contributed by atoms with Crippen molar-refractivity contribution in [2.24, 2.45) is 0 Å². The minimum atomic E-state index is -4.35. The highest BCUT2D eigenvalue weighted by Crippen LogP contribution is 2.32. The van der Waals surface area contributed by atoms with Gasteiger partial charge < -0.3 is 4.52 Å². The van der Waals surface area contributed by atoms with E-state index in [0.29, 0.717) is 23.4 Å². The van der Waals surface area contributed by atoms with Crippen LogP contribution in [0.5, 0.6) is 0 Å². The largest absolute Gasteiger partial charge is 0.416 e. The molecule has 0 aliphatic heterocycles. The zero-order chi connectivity index (χ0) is 13.2. The smallest absolute Gasteiger partial charge is 0.356 e. The first-order valence-electron chi connectivity index (χ1n) is 5.20. The summed E-state index contributed by atoms with van der Waals surface area (Å²) in [6, 6.07) is 6.65. The number of benzene rings is 1. The summed E-state index contributed by atoms with van der Waals surface area (Å²) >= 11 is 3.26. The normalized spacial score (nSPS) is 11.8. The SMILES string of the molecule is FC(F)(F)c1cccc(-c2cc(CCBr)no2)c1. The lowest BCUT2D eigenvalue weighted by Crippen LogP contribution is -2.04. The Morgan fingerprint density at radius 1 is 1.22 bits per heavy atom. The van der Waals surface area contributed by atoms with Crippen LogP contribution in [0, 0.1) is 0 Å². The van der Waals surface area contributed by atoms with E-state index in [1.807, 2.05) is 0 Å². The van der Waals surface area contributed by atoms with Crippen LogP contribution in [-0.4, -0.2) is 10.5 Å². The summed E-state index contributed by atoms with van der Waals surface area (Å²) in [6.07, 6.45) is -3.68. The summed E-state index contributed by atoms with van der Waals surface area (Å²) in [5, 5.41) is 4.51. The molecule has 96 valence electrons. The van der Waals surface area contributed by atoms with Crippen molar-refractivity contribution in [1.29, 1.82) is 0 Å². The maximum Gasteiger partial charge on any atom is 0.416 e. The van der Waals surface area contributed by atoms with Crippen molar-refractivity contribution in [3.8, 4) is 11.3 Å². The Bertz CT molecular complexity index is 536. The van der Waals surface area contributed by atoms with E-state index in [9.17, 15) is 13.2 Å². The number of hydrogen-bond donors (Lipinski definition) is 0. The summed E-state index contributed by atoms with van der Waals surface area (Å²) in [4.78, 5) is 0. The van der Waals surface area contributed by atoms with Gasteiger partial charge in [0.2, 0.25) is 0 Å². The van der Waals surface area contributed by atoms with Crippen molar-refractivity contribution in [3.63, 3.8) is 0 Å². The van der Waals surface area contributed by atoms with Gasteiger partial charge >= 0.3 is 6.18 Å². The van der Waals surface area contributed by atoms with Crippen LogP contribution in [0.25, 0.3) is 11.3 Å². The maximum atomic E-state index is 12.6. The van der Waals surface area contributed by atoms with Gasteiger partial charge in [-0.25, -0.2) is 0 Å². The van der Waals surface area contributed by atoms with Gasteiger partial charge in [-0.1, -0.05) is 33.2 Å². The van der Waals surface area contributed by atoms with Crippen LogP contribution >= 0.6 is 15.9 Å². The number of aryl methyl sites for hydroxylation is 1. The number of aromatic nitrogens is 1. The molecule has 0 saturated heterocycles. The van der Waals surface area contributed by atoms with Gasteiger partial charge in [-0.2, -0.15) is 13.2 Å². The molecule has 18 heavy (non-hydrogen) atoms. The van der Waals surface area contributed by atoms with E-state index in [-0.39, 0.29) is 0 Å². The Balaban J connectivity index is 2.32. The predicted octanol–water partition coefficient (Wildman–Crippen LogP) is 4.30. The molecular weight excluding hydrogens is 311 g/mol. The van der Waals surface area contributed by atoms with E-state index in [0.717, 1.165) is 17.5 Å². The molecule has 0 atom stereocenters. The van der Waals surface area contributed by atoms with Gasteiger partial charge in [0.15, 0.2) is 5.76 Å². The molecule has 0 bridgehead atoms. The third-order valence-electron chi connectivity index (χ3n) is 2.38. The zero-order valence-electron chi connectivity index (χ0n) is 9.17. The van der Waals surface area contributed by atoms with Crippen molar-refractivity contribution < 1.29 is 17.7 Å². The Labute approximate surface area is 110 Å². The van der Waals surface area contributed by atoms with Crippen LogP contribution in [0.3, 0.4) is 0 Å². The molecular formula is C12H9BrF3NO. The average Bonchev–Trinajstić information content (AvgIpc) is 2.77. The van der Waals surface area contributed by atoms with Crippen LogP contribution in [-0.2, 0) is 12.6 Å². The van der Waals surface area contributed by atoms with Crippen LogP contribution < -0.4 is 0 Å². The van der Waals surface area contributed by atoms with Gasteiger partial charge in [0.1, 0.15) is 0 Å². The molecule has 0 unspecified atom stereocenters. The number of hydrogen-bond acceptors (Lipinski definition) is 2. The molecule has 0 N–H and O–H groups in total. The van der Waals surface area contributed by atoms with Crippen molar-refractivity contribution in [3.05, 3.63) is 41.6 Å². The van der Waals surface area contributed by atoms with E-state index in [4.69, 9.17) is 4.52 Å². The molecule has 2 rings (SSSR count). The molecule has 0 radical (unpaired) electrons. The fourth-order valence-electron chi connectivity index (χ4n) is 1.51. The van der Waals surface area contributed by atoms with E-state index in [1.165, 1.54) is 6.07 Å². The Morgan fingerprint density at radius 2 is 2.00 bits per heavy atom. The number of nitrogens with zero attached hydrogens (tertiary/aromatic N) is 1. The summed E-state index contributed by atoms with van der Waals surface area (Å²) < 4.78 is 42.7. The number of rotatable bonds is 3. The predicted molar refractivity (Wildman–Crippen MR) is 64.4 cm³/mol. The third-order valence-corrected chi connectivity index (χ3v) is 2.78. The molecule has 0 aliphatic carbocycles. The van der Waals surface area contributed by atoms with E-state index in [2.05, 4.69) is 21.1 Å². The quantitative estimate of drug-likeness (QED) is 0.788. The number of halogens is 4. The monoisotopic (exact) mass is 319 g/mol. The highest BCUT2D eigenvalue weighted by atomic mass is 79.9. The second kappa shape index (κ2) is 5.14. The Hall–Kier alpha value is -1.30. The van der Waals surface area contributed by atoms with Gasteiger partial charge in [-0.05, 0) is 12.1 Å². The van der Waals surface area contributed by atoms with Crippen molar-refractivity contribution in [2.75, 3.05) is 5.33 Å². The van der Waals surface area contributed by atoms with Crippen LogP contribution in [0.4, 0.5) is 13.2 Å². The first-order chi connectivity index (χ1) is 8.50. The Kier molecular flexibility index (Phi) is 3.75. The molecule has 2 aromatic rings. The van der Waals surface area contributed by atoms with Crippen LogP contribution in [0.1, 0.15) is 11.3 Å². The molecule has 0 aliphatic rings. The summed E-state index contributed by atoms with van der Waals surface area (Å²) in [7, 11) is 0. The van der Waals surface area contributed by atoms with Crippen molar-refractivity contribution in [2.45, 2.75) is 12.6 Å². The van der Waals surface area contributed by atoms with Crippen molar-refractivity contribution in [1.82, 2.24) is 5.16 Å². The molecule has 6 heteroatoms. The van der Waals surface area contributed by atoms with Gasteiger partial charge in [0.25, 0.3) is 0 Å². The summed E-state index contributed by atoms with van der Waals surface area (Å²) in [5.41, 5.74) is 0.385. The second-order valence-electron chi connectivity index (χ2n) is 3.70. The van der Waals surface area contributed by atoms with Gasteiger partial charge in [0, 0.05) is 23.4 Å². The fourth-order valence-corrected chi connectivity index (χ4v) is 1.92. The lowest BCUT2D eigenvalue weighted by molar-refractivity contribution is -0.137. The average molecular weight is 320 g/mol. The molecule has 0 saturated carbocycles. The zero-order valence-corrected chi connectivity index (χ0v) is 10.8. The minimum absolute atomic E-state index is 0.344. The number of alkyl halides is 4. The van der Waals surface area contributed by atoms with Crippen molar-refractivity contribution >= 4 is 15.9 Å². The van der Waals surface area contributed by atoms with E-state index in [1.54, 1.807) is 12.1 Å². The van der Waals surface area contributed by atoms with Crippen LogP contribution in [0.2, 0.25) is 0 Å². The van der Waals surface area contributed by atoms with Gasteiger partial charge in [-0.3, -0.25) is 0 Å². The van der Waals surface area contributed by atoms with Gasteiger partial charge in [0.05, 0.1) is 11.3 Å². The fraction of sp³-hybridized carbons (Fsp3) is 0.250. The molecule has 1 heterocycles. The first kappa shape index (κ1) is 13.1. The van der Waals surface area contributed by atoms with E-state index >= 15 is 0 Å². The van der Waals surface area contributed by atoms with Crippen LogP contribution in [0.15, 0.2) is 34.9 Å². The molecule has 1 aromatic carbocycles. The first-order valence-corrected chi connectivity index (χ1v) is 6.32. The molecule has 0 fully saturated rings. The molecule has 2 nitrogen and oxygen atoms in total. The minimum Gasteiger partial charge on any atom is -0.356 e. The molecule has 0 spiro atoms. The summed E-state index contributed by atoms with van der Waals surface area (Å²) in [6.45, 7) is 0. The van der Waals surface area contributed by atoms with E-state index < -0.39 is 11.7 Å². The Morgan fingerprint density at radius 3 is 2.67 bits per heavy atom. The lowest BCUT2D eigenvalue weighted by atomic mass is 10.1. The summed E-state index contributed by atoms with van der Waals surface area (Å²) in [5.74, 6) is 0.344. The second-order valence-corrected chi connectivity index (χ2v) is 4.49. The highest BCUT2D eigenvalue weighted by Gasteiger charge is 2.30. The van der Waals surface area contributed by atoms with Gasteiger partial charge in [-0.15, -0.1) is 0 Å².